The number of amides is 1. The maximum absolute atomic E-state index is 12.2. The highest BCUT2D eigenvalue weighted by molar-refractivity contribution is 9.10. The van der Waals surface area contributed by atoms with E-state index in [0.717, 1.165) is 27.7 Å². The minimum Gasteiger partial charge on any atom is -0.324 e. The zero-order valence-corrected chi connectivity index (χ0v) is 12.1. The van der Waals surface area contributed by atoms with Crippen molar-refractivity contribution in [3.05, 3.63) is 27.7 Å². The molecular weight excluding hydrogens is 292 g/mol. The van der Waals surface area contributed by atoms with Crippen LogP contribution in [0.15, 0.2) is 16.6 Å². The van der Waals surface area contributed by atoms with Crippen LogP contribution in [0.25, 0.3) is 0 Å². The fourth-order valence-electron chi connectivity index (χ4n) is 2.26. The van der Waals surface area contributed by atoms with E-state index in [-0.39, 0.29) is 5.91 Å². The average molecular weight is 307 g/mol. The first-order valence-corrected chi connectivity index (χ1v) is 6.77. The second-order valence-corrected chi connectivity index (χ2v) is 5.83. The summed E-state index contributed by atoms with van der Waals surface area (Å²) < 4.78 is 0.995. The lowest BCUT2D eigenvalue weighted by Gasteiger charge is -2.33. The molecule has 1 aliphatic rings. The molecule has 0 radical (unpaired) electrons. The second-order valence-electron chi connectivity index (χ2n) is 4.92. The highest BCUT2D eigenvalue weighted by Crippen LogP contribution is 2.41. The summed E-state index contributed by atoms with van der Waals surface area (Å²) in [6.45, 7) is 3.90. The number of halogens is 1. The number of carbonyl (C=O) groups excluding carboxylic acids is 1. The summed E-state index contributed by atoms with van der Waals surface area (Å²) >= 11 is 3.43. The van der Waals surface area contributed by atoms with Gasteiger partial charge in [-0.05, 0) is 56.4 Å². The van der Waals surface area contributed by atoms with Crippen molar-refractivity contribution in [2.75, 3.05) is 5.32 Å². The average Bonchev–Trinajstić information content (AvgIpc) is 2.22. The summed E-state index contributed by atoms with van der Waals surface area (Å²) in [6.07, 6.45) is 2.30. The Morgan fingerprint density at radius 1 is 1.39 bits per heavy atom. The molecule has 0 atom stereocenters. The first kappa shape index (κ1) is 13.1. The molecule has 4 heteroatoms. The van der Waals surface area contributed by atoms with Crippen LogP contribution in [0.4, 0.5) is 5.69 Å². The van der Waals surface area contributed by atoms with Gasteiger partial charge in [0.1, 0.15) is 5.41 Å². The van der Waals surface area contributed by atoms with Crippen molar-refractivity contribution in [1.29, 1.82) is 5.26 Å². The highest BCUT2D eigenvalue weighted by atomic mass is 79.9. The Labute approximate surface area is 115 Å². The third-order valence-electron chi connectivity index (χ3n) is 3.59. The van der Waals surface area contributed by atoms with Crippen LogP contribution in [-0.4, -0.2) is 5.91 Å². The van der Waals surface area contributed by atoms with E-state index in [9.17, 15) is 4.79 Å². The van der Waals surface area contributed by atoms with Crippen molar-refractivity contribution in [2.24, 2.45) is 5.41 Å². The number of hydrogen-bond acceptors (Lipinski definition) is 2. The van der Waals surface area contributed by atoms with Crippen molar-refractivity contribution >= 4 is 27.5 Å². The SMILES string of the molecule is Cc1cc(Br)cc(C)c1NC(=O)C1(C#N)CCC1. The van der Waals surface area contributed by atoms with E-state index in [2.05, 4.69) is 27.3 Å². The van der Waals surface area contributed by atoms with E-state index >= 15 is 0 Å². The van der Waals surface area contributed by atoms with Crippen LogP contribution >= 0.6 is 15.9 Å². The number of anilines is 1. The number of nitriles is 1. The summed E-state index contributed by atoms with van der Waals surface area (Å²) in [4.78, 5) is 12.2. The molecule has 18 heavy (non-hydrogen) atoms. The maximum atomic E-state index is 12.2. The number of nitrogens with one attached hydrogen (secondary N) is 1. The zero-order valence-electron chi connectivity index (χ0n) is 10.5. The Hall–Kier alpha value is -1.34. The predicted molar refractivity (Wildman–Crippen MR) is 74.1 cm³/mol. The van der Waals surface area contributed by atoms with Crippen LogP contribution in [0, 0.1) is 30.6 Å². The summed E-state index contributed by atoms with van der Waals surface area (Å²) in [5.74, 6) is -0.162. The summed E-state index contributed by atoms with van der Waals surface area (Å²) in [6, 6.07) is 6.09. The third-order valence-corrected chi connectivity index (χ3v) is 4.05. The zero-order chi connectivity index (χ0) is 13.3. The number of benzene rings is 1. The molecule has 1 N–H and O–H groups in total. The molecule has 1 aromatic rings. The van der Waals surface area contributed by atoms with E-state index in [1.807, 2.05) is 26.0 Å². The van der Waals surface area contributed by atoms with Crippen LogP contribution in [0.1, 0.15) is 30.4 Å². The molecule has 0 aromatic heterocycles. The first-order valence-electron chi connectivity index (χ1n) is 5.98. The van der Waals surface area contributed by atoms with Gasteiger partial charge in [0.25, 0.3) is 0 Å². The van der Waals surface area contributed by atoms with Crippen molar-refractivity contribution < 1.29 is 4.79 Å². The quantitative estimate of drug-likeness (QED) is 0.905. The van der Waals surface area contributed by atoms with Gasteiger partial charge in [0.2, 0.25) is 5.91 Å². The molecule has 3 nitrogen and oxygen atoms in total. The standard InChI is InChI=1S/C14H15BrN2O/c1-9-6-11(15)7-10(2)12(9)17-13(18)14(8-16)4-3-5-14/h6-7H,3-5H2,1-2H3,(H,17,18). The van der Waals surface area contributed by atoms with Crippen LogP contribution in [0.3, 0.4) is 0 Å². The normalized spacial score (nSPS) is 16.6. The van der Waals surface area contributed by atoms with E-state index in [1.165, 1.54) is 0 Å². The van der Waals surface area contributed by atoms with Crippen LogP contribution in [0.5, 0.6) is 0 Å². The van der Waals surface area contributed by atoms with Gasteiger partial charge in [0.15, 0.2) is 0 Å². The predicted octanol–water partition coefficient (Wildman–Crippen LogP) is 3.70. The molecular formula is C14H15BrN2O. The molecule has 0 bridgehead atoms. The molecule has 0 spiro atoms. The molecule has 2 rings (SSSR count). The Kier molecular flexibility index (Phi) is 3.45. The first-order chi connectivity index (χ1) is 8.48. The smallest absolute Gasteiger partial charge is 0.244 e. The van der Waals surface area contributed by atoms with Gasteiger partial charge in [-0.15, -0.1) is 0 Å². The minimum absolute atomic E-state index is 0.162. The third kappa shape index (κ3) is 2.15. The molecule has 0 aliphatic heterocycles. The monoisotopic (exact) mass is 306 g/mol. The van der Waals surface area contributed by atoms with Gasteiger partial charge in [-0.25, -0.2) is 0 Å². The lowest BCUT2D eigenvalue weighted by atomic mass is 9.69. The van der Waals surface area contributed by atoms with Crippen molar-refractivity contribution in [2.45, 2.75) is 33.1 Å². The lowest BCUT2D eigenvalue weighted by molar-refractivity contribution is -0.126. The topological polar surface area (TPSA) is 52.9 Å². The largest absolute Gasteiger partial charge is 0.324 e. The van der Waals surface area contributed by atoms with Crippen molar-refractivity contribution in [3.63, 3.8) is 0 Å². The number of hydrogen-bond donors (Lipinski definition) is 1. The Morgan fingerprint density at radius 3 is 2.33 bits per heavy atom. The fourth-order valence-corrected chi connectivity index (χ4v) is 2.95. The summed E-state index contributed by atoms with van der Waals surface area (Å²) in [7, 11) is 0. The molecule has 94 valence electrons. The lowest BCUT2D eigenvalue weighted by Crippen LogP contribution is -2.40. The minimum atomic E-state index is -0.800. The number of nitrogens with zero attached hydrogens (tertiary/aromatic N) is 1. The van der Waals surface area contributed by atoms with Crippen molar-refractivity contribution in [1.82, 2.24) is 0 Å². The van der Waals surface area contributed by atoms with Crippen LogP contribution in [0.2, 0.25) is 0 Å². The summed E-state index contributed by atoms with van der Waals surface area (Å²) in [5.41, 5.74) is 2.03. The molecule has 1 amide bonds. The molecule has 0 saturated heterocycles. The van der Waals surface area contributed by atoms with E-state index in [4.69, 9.17) is 5.26 Å². The van der Waals surface area contributed by atoms with Gasteiger partial charge < -0.3 is 5.32 Å². The molecule has 1 aliphatic carbocycles. The van der Waals surface area contributed by atoms with E-state index in [0.29, 0.717) is 12.8 Å². The van der Waals surface area contributed by atoms with Crippen molar-refractivity contribution in [3.8, 4) is 6.07 Å². The Morgan fingerprint density at radius 2 is 1.94 bits per heavy atom. The number of rotatable bonds is 2. The second kappa shape index (κ2) is 4.74. The van der Waals surface area contributed by atoms with Gasteiger partial charge >= 0.3 is 0 Å². The van der Waals surface area contributed by atoms with Gasteiger partial charge in [-0.1, -0.05) is 15.9 Å². The molecule has 0 unspecified atom stereocenters. The Bertz CT molecular complexity index is 518. The number of carbonyl (C=O) groups is 1. The maximum Gasteiger partial charge on any atom is 0.244 e. The van der Waals surface area contributed by atoms with E-state index in [1.54, 1.807) is 0 Å². The molecule has 0 heterocycles. The van der Waals surface area contributed by atoms with Crippen LogP contribution < -0.4 is 5.32 Å². The van der Waals surface area contributed by atoms with Gasteiger partial charge in [-0.3, -0.25) is 4.79 Å². The van der Waals surface area contributed by atoms with Gasteiger partial charge in [0.05, 0.1) is 6.07 Å². The fraction of sp³-hybridized carbons (Fsp3) is 0.429. The summed E-state index contributed by atoms with van der Waals surface area (Å²) in [5, 5.41) is 12.1. The number of aryl methyl sites for hydroxylation is 2. The van der Waals surface area contributed by atoms with Gasteiger partial charge in [-0.2, -0.15) is 5.26 Å². The van der Waals surface area contributed by atoms with Gasteiger partial charge in [0, 0.05) is 10.2 Å². The molecule has 1 aromatic carbocycles. The molecule has 1 saturated carbocycles. The van der Waals surface area contributed by atoms with E-state index < -0.39 is 5.41 Å². The Balaban J connectivity index is 2.25. The van der Waals surface area contributed by atoms with Crippen LogP contribution in [-0.2, 0) is 4.79 Å². The molecule has 1 fully saturated rings. The highest BCUT2D eigenvalue weighted by Gasteiger charge is 2.44.